The molecule has 0 bridgehead atoms. The monoisotopic (exact) mass is 322 g/mol. The second-order valence-corrected chi connectivity index (χ2v) is 7.17. The Morgan fingerprint density at radius 1 is 1.12 bits per heavy atom. The molecule has 1 fully saturated rings. The van der Waals surface area contributed by atoms with Crippen LogP contribution >= 0.6 is 0 Å². The van der Waals surface area contributed by atoms with E-state index in [2.05, 4.69) is 44.5 Å². The van der Waals surface area contributed by atoms with E-state index in [-0.39, 0.29) is 0 Å². The lowest BCUT2D eigenvalue weighted by molar-refractivity contribution is 0.302. The number of hydrogen-bond donors (Lipinski definition) is 1. The minimum absolute atomic E-state index is 0.333. The molecule has 6 heteroatoms. The molecule has 1 aliphatic heterocycles. The van der Waals surface area contributed by atoms with Crippen LogP contribution in [0, 0.1) is 0 Å². The van der Waals surface area contributed by atoms with Gasteiger partial charge in [0, 0.05) is 29.7 Å². The van der Waals surface area contributed by atoms with E-state index in [1.165, 1.54) is 22.9 Å². The predicted octanol–water partition coefficient (Wildman–Crippen LogP) is 2.68. The van der Waals surface area contributed by atoms with Gasteiger partial charge in [-0.05, 0) is 54.5 Å². The maximum Gasteiger partial charge on any atom is 0.184 e. The highest BCUT2D eigenvalue weighted by atomic mass is 15.5. The molecule has 0 amide bonds. The number of aromatic nitrogens is 5. The lowest BCUT2D eigenvalue weighted by Crippen LogP contribution is -2.28. The second-order valence-electron chi connectivity index (χ2n) is 7.17. The highest BCUT2D eigenvalue weighted by Crippen LogP contribution is 2.36. The molecule has 5 rings (SSSR count). The molecular formula is C18H22N6. The molecule has 6 nitrogen and oxygen atoms in total. The van der Waals surface area contributed by atoms with Crippen LogP contribution < -0.4 is 5.73 Å². The van der Waals surface area contributed by atoms with E-state index in [0.717, 1.165) is 50.0 Å². The molecule has 0 unspecified atom stereocenters. The van der Waals surface area contributed by atoms with Crippen LogP contribution in [-0.2, 0) is 13.0 Å². The molecule has 0 radical (unpaired) electrons. The Hall–Kier alpha value is -2.21. The molecule has 24 heavy (non-hydrogen) atoms. The highest BCUT2D eigenvalue weighted by molar-refractivity contribution is 5.96. The van der Waals surface area contributed by atoms with Crippen molar-refractivity contribution in [3.05, 3.63) is 30.0 Å². The van der Waals surface area contributed by atoms with Gasteiger partial charge >= 0.3 is 0 Å². The number of rotatable bonds is 2. The van der Waals surface area contributed by atoms with Crippen molar-refractivity contribution in [1.82, 2.24) is 24.8 Å². The Kier molecular flexibility index (Phi) is 3.19. The first-order valence-electron chi connectivity index (χ1n) is 8.96. The van der Waals surface area contributed by atoms with Gasteiger partial charge in [-0.3, -0.25) is 0 Å². The summed E-state index contributed by atoms with van der Waals surface area (Å²) in [5.41, 5.74) is 10.0. The first-order chi connectivity index (χ1) is 11.8. The summed E-state index contributed by atoms with van der Waals surface area (Å²) in [6.45, 7) is 1.08. The van der Waals surface area contributed by atoms with Gasteiger partial charge in [0.15, 0.2) is 5.82 Å². The number of nitrogens with two attached hydrogens (primary N) is 1. The first kappa shape index (κ1) is 14.2. The molecule has 1 aliphatic carbocycles. The fraction of sp³-hybridized carbons (Fsp3) is 0.500. The summed E-state index contributed by atoms with van der Waals surface area (Å²) < 4.78 is 4.41. The van der Waals surface area contributed by atoms with Crippen molar-refractivity contribution >= 4 is 10.9 Å². The number of tetrazole rings is 1. The van der Waals surface area contributed by atoms with Crippen LogP contribution in [0.2, 0.25) is 0 Å². The van der Waals surface area contributed by atoms with E-state index in [1.807, 2.05) is 4.68 Å². The Balaban J connectivity index is 1.62. The summed E-state index contributed by atoms with van der Waals surface area (Å²) in [5, 5.41) is 14.0. The van der Waals surface area contributed by atoms with Crippen LogP contribution in [0.25, 0.3) is 22.3 Å². The zero-order chi connectivity index (χ0) is 16.1. The van der Waals surface area contributed by atoms with Crippen LogP contribution in [0.15, 0.2) is 24.4 Å². The normalized spacial score (nSPS) is 23.7. The number of aryl methyl sites for hydroxylation is 2. The van der Waals surface area contributed by atoms with Crippen molar-refractivity contribution in [3.8, 4) is 11.4 Å². The summed E-state index contributed by atoms with van der Waals surface area (Å²) >= 11 is 0. The van der Waals surface area contributed by atoms with E-state index in [0.29, 0.717) is 12.1 Å². The molecule has 2 aliphatic rings. The Morgan fingerprint density at radius 3 is 2.88 bits per heavy atom. The van der Waals surface area contributed by atoms with Gasteiger partial charge < -0.3 is 10.3 Å². The van der Waals surface area contributed by atoms with Crippen molar-refractivity contribution in [2.45, 2.75) is 57.2 Å². The summed E-state index contributed by atoms with van der Waals surface area (Å²) in [6, 6.07) is 7.30. The van der Waals surface area contributed by atoms with Gasteiger partial charge in [0.25, 0.3) is 0 Å². The molecule has 3 heterocycles. The van der Waals surface area contributed by atoms with Gasteiger partial charge in [-0.25, -0.2) is 4.68 Å². The van der Waals surface area contributed by atoms with Crippen molar-refractivity contribution in [2.75, 3.05) is 0 Å². The minimum Gasteiger partial charge on any atom is -0.346 e. The van der Waals surface area contributed by atoms with Crippen molar-refractivity contribution in [2.24, 2.45) is 5.73 Å². The standard InChI is InChI=1S/C18H22N6/c19-13-6-8-14(9-7-13)24-18(20-21-22-24)16-11-23-10-2-4-12-3-1-5-15(16)17(12)23/h1,3,5,11,13-14H,2,4,6-10,19H2. The highest BCUT2D eigenvalue weighted by Gasteiger charge is 2.26. The van der Waals surface area contributed by atoms with Crippen LogP contribution in [-0.4, -0.2) is 30.8 Å². The van der Waals surface area contributed by atoms with E-state index >= 15 is 0 Å². The molecule has 3 aromatic rings. The minimum atomic E-state index is 0.333. The molecule has 0 atom stereocenters. The number of hydrogen-bond acceptors (Lipinski definition) is 4. The fourth-order valence-electron chi connectivity index (χ4n) is 4.40. The zero-order valence-corrected chi connectivity index (χ0v) is 13.7. The number of para-hydroxylation sites is 1. The average molecular weight is 322 g/mol. The predicted molar refractivity (Wildman–Crippen MR) is 92.6 cm³/mol. The molecule has 2 aromatic heterocycles. The maximum atomic E-state index is 6.05. The van der Waals surface area contributed by atoms with Gasteiger partial charge in [0.1, 0.15) is 0 Å². The molecule has 2 N–H and O–H groups in total. The smallest absolute Gasteiger partial charge is 0.184 e. The summed E-state index contributed by atoms with van der Waals surface area (Å²) in [6.07, 6.45) is 8.82. The van der Waals surface area contributed by atoms with Gasteiger partial charge in [-0.15, -0.1) is 5.10 Å². The van der Waals surface area contributed by atoms with E-state index in [4.69, 9.17) is 5.73 Å². The zero-order valence-electron chi connectivity index (χ0n) is 13.7. The van der Waals surface area contributed by atoms with E-state index in [1.54, 1.807) is 0 Å². The fourth-order valence-corrected chi connectivity index (χ4v) is 4.40. The van der Waals surface area contributed by atoms with Gasteiger partial charge in [-0.1, -0.05) is 18.2 Å². The quantitative estimate of drug-likeness (QED) is 0.787. The third-order valence-corrected chi connectivity index (χ3v) is 5.65. The van der Waals surface area contributed by atoms with Crippen LogP contribution in [0.1, 0.15) is 43.7 Å². The Morgan fingerprint density at radius 2 is 2.00 bits per heavy atom. The van der Waals surface area contributed by atoms with Crippen molar-refractivity contribution < 1.29 is 0 Å². The van der Waals surface area contributed by atoms with Crippen LogP contribution in [0.5, 0.6) is 0 Å². The molecular weight excluding hydrogens is 300 g/mol. The molecule has 1 saturated carbocycles. The second kappa shape index (κ2) is 5.41. The average Bonchev–Trinajstić information content (AvgIpc) is 3.22. The molecule has 1 aromatic carbocycles. The SMILES string of the molecule is NC1CCC(n2nnnc2-c2cn3c4c(cccc24)CCC3)CC1. The summed E-state index contributed by atoms with van der Waals surface area (Å²) in [5.74, 6) is 0.901. The van der Waals surface area contributed by atoms with E-state index < -0.39 is 0 Å². The summed E-state index contributed by atoms with van der Waals surface area (Å²) in [7, 11) is 0. The van der Waals surface area contributed by atoms with Gasteiger partial charge in [0.05, 0.1) is 11.6 Å². The topological polar surface area (TPSA) is 74.6 Å². The molecule has 0 saturated heterocycles. The lowest BCUT2D eigenvalue weighted by Gasteiger charge is -2.26. The third-order valence-electron chi connectivity index (χ3n) is 5.65. The molecule has 0 spiro atoms. The molecule has 124 valence electrons. The maximum absolute atomic E-state index is 6.05. The lowest BCUT2D eigenvalue weighted by atomic mass is 9.92. The largest absolute Gasteiger partial charge is 0.346 e. The van der Waals surface area contributed by atoms with Crippen LogP contribution in [0.3, 0.4) is 0 Å². The van der Waals surface area contributed by atoms with E-state index in [9.17, 15) is 0 Å². The van der Waals surface area contributed by atoms with Gasteiger partial charge in [0.2, 0.25) is 0 Å². The number of benzene rings is 1. The summed E-state index contributed by atoms with van der Waals surface area (Å²) in [4.78, 5) is 0. The first-order valence-corrected chi connectivity index (χ1v) is 8.96. The van der Waals surface area contributed by atoms with Crippen molar-refractivity contribution in [3.63, 3.8) is 0 Å². The Labute approximate surface area is 140 Å². The van der Waals surface area contributed by atoms with Crippen LogP contribution in [0.4, 0.5) is 0 Å². The Bertz CT molecular complexity index is 884. The van der Waals surface area contributed by atoms with Gasteiger partial charge in [-0.2, -0.15) is 0 Å². The number of nitrogens with zero attached hydrogens (tertiary/aromatic N) is 5. The third kappa shape index (κ3) is 2.09. The van der Waals surface area contributed by atoms with Crippen molar-refractivity contribution in [1.29, 1.82) is 0 Å².